The van der Waals surface area contributed by atoms with E-state index in [1.54, 1.807) is 0 Å². The maximum atomic E-state index is 4.63. The summed E-state index contributed by atoms with van der Waals surface area (Å²) in [5.41, 5.74) is 0. The van der Waals surface area contributed by atoms with E-state index >= 15 is 0 Å². The van der Waals surface area contributed by atoms with Crippen molar-refractivity contribution in [3.05, 3.63) is 0 Å². The standard InChI is InChI=1S/C10H20S/c1-8(2)9-4-6-10(3,11)7-5-9/h8-9,11H,4-7H2,1-3H3. The van der Waals surface area contributed by atoms with Crippen LogP contribution in [-0.2, 0) is 0 Å². The SMILES string of the molecule is CC(C)C1CCC(C)(S)CC1. The fourth-order valence-electron chi connectivity index (χ4n) is 1.93. The van der Waals surface area contributed by atoms with E-state index in [1.165, 1.54) is 25.7 Å². The molecule has 11 heavy (non-hydrogen) atoms. The molecule has 0 radical (unpaired) electrons. The zero-order valence-electron chi connectivity index (χ0n) is 7.93. The van der Waals surface area contributed by atoms with Gasteiger partial charge in [-0.1, -0.05) is 20.8 Å². The molecule has 0 unspecified atom stereocenters. The molecule has 0 aromatic rings. The van der Waals surface area contributed by atoms with Crippen molar-refractivity contribution in [2.45, 2.75) is 51.2 Å². The van der Waals surface area contributed by atoms with Crippen LogP contribution in [0.1, 0.15) is 46.5 Å². The topological polar surface area (TPSA) is 0 Å². The number of thiol groups is 1. The third kappa shape index (κ3) is 2.70. The monoisotopic (exact) mass is 172 g/mol. The van der Waals surface area contributed by atoms with E-state index in [2.05, 4.69) is 33.4 Å². The zero-order valence-corrected chi connectivity index (χ0v) is 8.82. The second-order valence-electron chi connectivity index (χ2n) is 4.58. The van der Waals surface area contributed by atoms with Gasteiger partial charge in [-0.25, -0.2) is 0 Å². The molecular weight excluding hydrogens is 152 g/mol. The van der Waals surface area contributed by atoms with Crippen LogP contribution >= 0.6 is 12.6 Å². The highest BCUT2D eigenvalue weighted by atomic mass is 32.1. The molecule has 0 saturated heterocycles. The summed E-state index contributed by atoms with van der Waals surface area (Å²) in [7, 11) is 0. The van der Waals surface area contributed by atoms with Crippen LogP contribution in [0.3, 0.4) is 0 Å². The smallest absolute Gasteiger partial charge is 0.0102 e. The van der Waals surface area contributed by atoms with E-state index in [0.29, 0.717) is 4.75 Å². The molecule has 1 aliphatic rings. The highest BCUT2D eigenvalue weighted by Gasteiger charge is 2.28. The molecule has 0 heterocycles. The molecule has 1 heteroatoms. The van der Waals surface area contributed by atoms with Gasteiger partial charge in [0, 0.05) is 4.75 Å². The van der Waals surface area contributed by atoms with Gasteiger partial charge in [0.25, 0.3) is 0 Å². The lowest BCUT2D eigenvalue weighted by atomic mass is 9.77. The van der Waals surface area contributed by atoms with Crippen molar-refractivity contribution in [2.24, 2.45) is 11.8 Å². The second kappa shape index (κ2) is 3.38. The van der Waals surface area contributed by atoms with Gasteiger partial charge >= 0.3 is 0 Å². The first-order valence-electron chi connectivity index (χ1n) is 4.74. The number of rotatable bonds is 1. The summed E-state index contributed by atoms with van der Waals surface area (Å²) in [4.78, 5) is 0. The van der Waals surface area contributed by atoms with Gasteiger partial charge < -0.3 is 0 Å². The lowest BCUT2D eigenvalue weighted by Crippen LogP contribution is -2.27. The van der Waals surface area contributed by atoms with E-state index in [4.69, 9.17) is 0 Å². The molecule has 0 amide bonds. The molecule has 0 atom stereocenters. The minimum Gasteiger partial charge on any atom is -0.173 e. The fraction of sp³-hybridized carbons (Fsp3) is 1.00. The Balaban J connectivity index is 2.36. The molecular formula is C10H20S. The van der Waals surface area contributed by atoms with E-state index in [1.807, 2.05) is 0 Å². The van der Waals surface area contributed by atoms with Crippen molar-refractivity contribution in [1.82, 2.24) is 0 Å². The predicted molar refractivity (Wildman–Crippen MR) is 54.2 cm³/mol. The maximum absolute atomic E-state index is 4.63. The molecule has 0 spiro atoms. The highest BCUT2D eigenvalue weighted by Crippen LogP contribution is 2.38. The molecule has 66 valence electrons. The summed E-state index contributed by atoms with van der Waals surface area (Å²) in [5.74, 6) is 1.84. The van der Waals surface area contributed by atoms with Gasteiger partial charge in [-0.05, 0) is 37.5 Å². The van der Waals surface area contributed by atoms with Crippen molar-refractivity contribution < 1.29 is 0 Å². The normalized spacial score (nSPS) is 39.5. The second-order valence-corrected chi connectivity index (χ2v) is 5.66. The predicted octanol–water partition coefficient (Wildman–Crippen LogP) is 3.52. The van der Waals surface area contributed by atoms with Crippen molar-refractivity contribution >= 4 is 12.6 Å². The van der Waals surface area contributed by atoms with Crippen molar-refractivity contribution in [1.29, 1.82) is 0 Å². The quantitative estimate of drug-likeness (QED) is 0.575. The summed E-state index contributed by atoms with van der Waals surface area (Å²) in [6, 6.07) is 0. The van der Waals surface area contributed by atoms with Crippen LogP contribution in [0.4, 0.5) is 0 Å². The summed E-state index contributed by atoms with van der Waals surface area (Å²) < 4.78 is 0.339. The Morgan fingerprint density at radius 1 is 1.27 bits per heavy atom. The molecule has 1 saturated carbocycles. The molecule has 1 aliphatic carbocycles. The van der Waals surface area contributed by atoms with Crippen LogP contribution in [0.25, 0.3) is 0 Å². The largest absolute Gasteiger partial charge is 0.173 e. The lowest BCUT2D eigenvalue weighted by Gasteiger charge is -2.35. The Kier molecular flexibility index (Phi) is 2.90. The summed E-state index contributed by atoms with van der Waals surface area (Å²) >= 11 is 4.63. The van der Waals surface area contributed by atoms with E-state index in [9.17, 15) is 0 Å². The van der Waals surface area contributed by atoms with E-state index < -0.39 is 0 Å². The van der Waals surface area contributed by atoms with Gasteiger partial charge in [-0.2, -0.15) is 12.6 Å². The number of hydrogen-bond acceptors (Lipinski definition) is 1. The van der Waals surface area contributed by atoms with Crippen molar-refractivity contribution in [3.8, 4) is 0 Å². The molecule has 0 aromatic heterocycles. The maximum Gasteiger partial charge on any atom is 0.0102 e. The summed E-state index contributed by atoms with van der Waals surface area (Å²) in [5, 5.41) is 0. The van der Waals surface area contributed by atoms with Gasteiger partial charge in [-0.15, -0.1) is 0 Å². The Hall–Kier alpha value is 0.350. The summed E-state index contributed by atoms with van der Waals surface area (Å²) in [6.45, 7) is 6.95. The molecule has 0 aliphatic heterocycles. The highest BCUT2D eigenvalue weighted by molar-refractivity contribution is 7.81. The lowest BCUT2D eigenvalue weighted by molar-refractivity contribution is 0.252. The first kappa shape index (κ1) is 9.44. The van der Waals surface area contributed by atoms with Gasteiger partial charge in [0.15, 0.2) is 0 Å². The van der Waals surface area contributed by atoms with Gasteiger partial charge in [0.2, 0.25) is 0 Å². The van der Waals surface area contributed by atoms with Crippen LogP contribution in [-0.4, -0.2) is 4.75 Å². The average Bonchev–Trinajstić information content (AvgIpc) is 1.86. The third-order valence-corrected chi connectivity index (χ3v) is 3.50. The molecule has 1 fully saturated rings. The third-order valence-electron chi connectivity index (χ3n) is 3.05. The number of hydrogen-bond donors (Lipinski definition) is 1. The minimum atomic E-state index is 0.339. The van der Waals surface area contributed by atoms with Crippen molar-refractivity contribution in [2.75, 3.05) is 0 Å². The van der Waals surface area contributed by atoms with Gasteiger partial charge in [-0.3, -0.25) is 0 Å². The summed E-state index contributed by atoms with van der Waals surface area (Å²) in [6.07, 6.45) is 5.38. The van der Waals surface area contributed by atoms with Crippen LogP contribution < -0.4 is 0 Å². The Bertz CT molecular complexity index is 117. The van der Waals surface area contributed by atoms with Gasteiger partial charge in [0.05, 0.1) is 0 Å². The Morgan fingerprint density at radius 2 is 1.73 bits per heavy atom. The average molecular weight is 172 g/mol. The fourth-order valence-corrected chi connectivity index (χ4v) is 2.19. The molecule has 1 rings (SSSR count). The Labute approximate surface area is 76.2 Å². The first-order chi connectivity index (χ1) is 5.01. The molecule has 0 N–H and O–H groups in total. The molecule has 0 nitrogen and oxygen atoms in total. The van der Waals surface area contributed by atoms with Crippen LogP contribution in [0.15, 0.2) is 0 Å². The molecule has 0 bridgehead atoms. The first-order valence-corrected chi connectivity index (χ1v) is 5.18. The van der Waals surface area contributed by atoms with Crippen molar-refractivity contribution in [3.63, 3.8) is 0 Å². The molecule has 0 aromatic carbocycles. The minimum absolute atomic E-state index is 0.339. The van der Waals surface area contributed by atoms with Crippen LogP contribution in [0, 0.1) is 11.8 Å². The van der Waals surface area contributed by atoms with Crippen LogP contribution in [0.5, 0.6) is 0 Å². The Morgan fingerprint density at radius 3 is 2.09 bits per heavy atom. The van der Waals surface area contributed by atoms with Gasteiger partial charge in [0.1, 0.15) is 0 Å². The van der Waals surface area contributed by atoms with E-state index in [-0.39, 0.29) is 0 Å². The van der Waals surface area contributed by atoms with E-state index in [0.717, 1.165) is 11.8 Å². The van der Waals surface area contributed by atoms with Crippen LogP contribution in [0.2, 0.25) is 0 Å². The zero-order chi connectivity index (χ0) is 8.48.